The van der Waals surface area contributed by atoms with E-state index in [1.807, 2.05) is 19.1 Å². The van der Waals surface area contributed by atoms with E-state index >= 15 is 0 Å². The molecule has 1 unspecified atom stereocenters. The molecule has 4 rings (SSSR count). The molecule has 0 spiro atoms. The van der Waals surface area contributed by atoms with Gasteiger partial charge in [-0.15, -0.1) is 11.8 Å². The van der Waals surface area contributed by atoms with E-state index < -0.39 is 17.1 Å². The van der Waals surface area contributed by atoms with E-state index in [4.69, 9.17) is 11.6 Å². The monoisotopic (exact) mass is 570 g/mol. The van der Waals surface area contributed by atoms with Gasteiger partial charge in [-0.3, -0.25) is 19.4 Å². The van der Waals surface area contributed by atoms with Crippen molar-refractivity contribution in [3.8, 4) is 0 Å². The zero-order valence-electron chi connectivity index (χ0n) is 21.9. The van der Waals surface area contributed by atoms with Crippen molar-refractivity contribution in [2.75, 3.05) is 10.6 Å². The van der Waals surface area contributed by atoms with Crippen LogP contribution in [0.2, 0.25) is 5.02 Å². The van der Waals surface area contributed by atoms with Gasteiger partial charge in [-0.2, -0.15) is 0 Å². The summed E-state index contributed by atoms with van der Waals surface area (Å²) in [5, 5.41) is 8.64. The van der Waals surface area contributed by atoms with Crippen molar-refractivity contribution in [2.24, 2.45) is 0 Å². The number of thioether (sulfide) groups is 1. The van der Waals surface area contributed by atoms with Gasteiger partial charge in [0.05, 0.1) is 5.25 Å². The van der Waals surface area contributed by atoms with Gasteiger partial charge >= 0.3 is 0 Å². The zero-order chi connectivity index (χ0) is 28.5. The van der Waals surface area contributed by atoms with Gasteiger partial charge in [0, 0.05) is 39.3 Å². The van der Waals surface area contributed by atoms with Crippen molar-refractivity contribution in [1.82, 2.24) is 10.3 Å². The topological polar surface area (TPSA) is 100 Å². The Hall–Kier alpha value is -4.40. The van der Waals surface area contributed by atoms with Gasteiger partial charge in [0.2, 0.25) is 5.91 Å². The Kier molecular flexibility index (Phi) is 9.72. The van der Waals surface area contributed by atoms with Crippen molar-refractivity contribution in [3.05, 3.63) is 125 Å². The molecule has 0 saturated heterocycles. The molecule has 3 aromatic carbocycles. The lowest BCUT2D eigenvalue weighted by molar-refractivity contribution is -0.115. The van der Waals surface area contributed by atoms with E-state index in [9.17, 15) is 14.4 Å². The number of carbonyl (C=O) groups is 3. The molecule has 4 aromatic rings. The van der Waals surface area contributed by atoms with E-state index in [-0.39, 0.29) is 11.6 Å². The number of amides is 3. The van der Waals surface area contributed by atoms with Crippen LogP contribution in [-0.2, 0) is 9.59 Å². The lowest BCUT2D eigenvalue weighted by Gasteiger charge is -2.15. The van der Waals surface area contributed by atoms with E-state index in [1.54, 1.807) is 98.2 Å². The Morgan fingerprint density at radius 2 is 1.70 bits per heavy atom. The number of aromatic nitrogens is 1. The summed E-state index contributed by atoms with van der Waals surface area (Å²) in [6.45, 7) is 3.65. The SMILES string of the molecule is Cc1c(Cl)cccc1NC(=O)C(C)Sc1cccc(NC(=O)/C(=C/c2cccnc2)NC(=O)c2ccccc2)c1. The van der Waals surface area contributed by atoms with Crippen LogP contribution in [0.1, 0.15) is 28.4 Å². The van der Waals surface area contributed by atoms with Crippen LogP contribution < -0.4 is 16.0 Å². The standard InChI is InChI=1S/C31H27ClN4O3S/c1-20-26(32)14-7-15-27(20)35-29(37)21(2)40-25-13-6-12-24(18-25)34-31(39)28(17-22-9-8-16-33-19-22)36-30(38)23-10-4-3-5-11-23/h3-19,21H,1-2H3,(H,34,39)(H,35,37)(H,36,38)/b28-17-. The Balaban J connectivity index is 1.46. The summed E-state index contributed by atoms with van der Waals surface area (Å²) in [6.07, 6.45) is 4.78. The molecular weight excluding hydrogens is 544 g/mol. The number of carbonyl (C=O) groups excluding carboxylic acids is 3. The number of nitrogens with zero attached hydrogens (tertiary/aromatic N) is 1. The molecule has 202 valence electrons. The minimum atomic E-state index is -0.502. The molecule has 0 fully saturated rings. The first-order valence-electron chi connectivity index (χ1n) is 12.4. The number of nitrogens with one attached hydrogen (secondary N) is 3. The smallest absolute Gasteiger partial charge is 0.272 e. The summed E-state index contributed by atoms with van der Waals surface area (Å²) in [5.74, 6) is -1.09. The maximum Gasteiger partial charge on any atom is 0.272 e. The van der Waals surface area contributed by atoms with Gasteiger partial charge in [0.15, 0.2) is 0 Å². The van der Waals surface area contributed by atoms with Crippen molar-refractivity contribution in [2.45, 2.75) is 24.0 Å². The summed E-state index contributed by atoms with van der Waals surface area (Å²) in [4.78, 5) is 43.8. The number of halogens is 1. The fraction of sp³-hybridized carbons (Fsp3) is 0.0968. The summed E-state index contributed by atoms with van der Waals surface area (Å²) in [6, 6.07) is 24.7. The maximum atomic E-state index is 13.3. The first kappa shape index (κ1) is 28.6. The minimum Gasteiger partial charge on any atom is -0.325 e. The summed E-state index contributed by atoms with van der Waals surface area (Å²) in [5.41, 5.74) is 3.11. The lowest BCUT2D eigenvalue weighted by Crippen LogP contribution is -2.30. The van der Waals surface area contributed by atoms with Gasteiger partial charge in [0.25, 0.3) is 11.8 Å². The molecule has 1 heterocycles. The molecule has 3 N–H and O–H groups in total. The first-order valence-corrected chi connectivity index (χ1v) is 13.7. The van der Waals surface area contributed by atoms with Gasteiger partial charge in [-0.1, -0.05) is 48.0 Å². The van der Waals surface area contributed by atoms with Crippen molar-refractivity contribution in [1.29, 1.82) is 0 Å². The second-order valence-electron chi connectivity index (χ2n) is 8.81. The van der Waals surface area contributed by atoms with Crippen LogP contribution in [0, 0.1) is 6.92 Å². The second-order valence-corrected chi connectivity index (χ2v) is 10.6. The molecule has 1 aromatic heterocycles. The average Bonchev–Trinajstić information content (AvgIpc) is 2.96. The first-order chi connectivity index (χ1) is 19.3. The van der Waals surface area contributed by atoms with Crippen LogP contribution in [0.5, 0.6) is 0 Å². The molecule has 0 radical (unpaired) electrons. The van der Waals surface area contributed by atoms with Gasteiger partial charge in [-0.05, 0) is 79.6 Å². The zero-order valence-corrected chi connectivity index (χ0v) is 23.4. The van der Waals surface area contributed by atoms with Crippen molar-refractivity contribution in [3.63, 3.8) is 0 Å². The van der Waals surface area contributed by atoms with Crippen molar-refractivity contribution < 1.29 is 14.4 Å². The maximum absolute atomic E-state index is 13.3. The second kappa shape index (κ2) is 13.6. The number of benzene rings is 3. The summed E-state index contributed by atoms with van der Waals surface area (Å²) < 4.78 is 0. The minimum absolute atomic E-state index is 0.0598. The Labute approximate surface area is 242 Å². The molecule has 40 heavy (non-hydrogen) atoms. The molecule has 0 aliphatic heterocycles. The highest BCUT2D eigenvalue weighted by molar-refractivity contribution is 8.00. The summed E-state index contributed by atoms with van der Waals surface area (Å²) in [7, 11) is 0. The highest BCUT2D eigenvalue weighted by Gasteiger charge is 2.18. The van der Waals surface area contributed by atoms with Crippen LogP contribution in [0.25, 0.3) is 6.08 Å². The number of anilines is 2. The Morgan fingerprint density at radius 3 is 2.45 bits per heavy atom. The average molecular weight is 571 g/mol. The third-order valence-electron chi connectivity index (χ3n) is 5.82. The molecule has 0 bridgehead atoms. The van der Waals surface area contributed by atoms with E-state index in [2.05, 4.69) is 20.9 Å². The third kappa shape index (κ3) is 7.81. The van der Waals surface area contributed by atoms with Crippen LogP contribution >= 0.6 is 23.4 Å². The van der Waals surface area contributed by atoms with Gasteiger partial charge < -0.3 is 16.0 Å². The fourth-order valence-electron chi connectivity index (χ4n) is 3.65. The van der Waals surface area contributed by atoms with Gasteiger partial charge in [-0.25, -0.2) is 0 Å². The molecule has 9 heteroatoms. The van der Waals surface area contributed by atoms with Crippen LogP contribution in [0.3, 0.4) is 0 Å². The van der Waals surface area contributed by atoms with Crippen LogP contribution in [0.15, 0.2) is 108 Å². The number of pyridine rings is 1. The molecule has 0 aliphatic rings. The van der Waals surface area contributed by atoms with E-state index in [1.165, 1.54) is 11.8 Å². The summed E-state index contributed by atoms with van der Waals surface area (Å²) >= 11 is 7.52. The van der Waals surface area contributed by atoms with Crippen molar-refractivity contribution >= 4 is 58.5 Å². The Bertz CT molecular complexity index is 1540. The molecule has 7 nitrogen and oxygen atoms in total. The van der Waals surface area contributed by atoms with Gasteiger partial charge in [0.1, 0.15) is 5.70 Å². The van der Waals surface area contributed by atoms with Crippen LogP contribution in [0.4, 0.5) is 11.4 Å². The number of hydrogen-bond donors (Lipinski definition) is 3. The third-order valence-corrected chi connectivity index (χ3v) is 7.33. The highest BCUT2D eigenvalue weighted by atomic mass is 35.5. The number of hydrogen-bond acceptors (Lipinski definition) is 5. The Morgan fingerprint density at radius 1 is 0.925 bits per heavy atom. The van der Waals surface area contributed by atoms with E-state index in [0.29, 0.717) is 27.5 Å². The predicted molar refractivity (Wildman–Crippen MR) is 161 cm³/mol. The largest absolute Gasteiger partial charge is 0.325 e. The van der Waals surface area contributed by atoms with Crippen LogP contribution in [-0.4, -0.2) is 28.0 Å². The molecule has 1 atom stereocenters. The predicted octanol–water partition coefficient (Wildman–Crippen LogP) is 6.57. The quantitative estimate of drug-likeness (QED) is 0.156. The highest BCUT2D eigenvalue weighted by Crippen LogP contribution is 2.28. The normalized spacial score (nSPS) is 11.8. The molecule has 0 aliphatic carbocycles. The number of rotatable bonds is 9. The molecular formula is C31H27ClN4O3S. The molecule has 3 amide bonds. The fourth-order valence-corrected chi connectivity index (χ4v) is 4.75. The lowest BCUT2D eigenvalue weighted by atomic mass is 10.2. The molecule has 0 saturated carbocycles. The van der Waals surface area contributed by atoms with E-state index in [0.717, 1.165) is 10.5 Å².